The summed E-state index contributed by atoms with van der Waals surface area (Å²) in [5, 5.41) is 0. The number of hydrogen-bond acceptors (Lipinski definition) is 2. The van der Waals surface area contributed by atoms with E-state index in [0.717, 1.165) is 16.8 Å². The number of aromatic nitrogens is 2. The highest BCUT2D eigenvalue weighted by Gasteiger charge is 2.01. The summed E-state index contributed by atoms with van der Waals surface area (Å²) in [6.07, 6.45) is 1.71. The van der Waals surface area contributed by atoms with E-state index >= 15 is 0 Å². The molecule has 0 unspecified atom stereocenters. The number of hydrogen-bond donors (Lipinski definition) is 1. The van der Waals surface area contributed by atoms with E-state index in [9.17, 15) is 0 Å². The Labute approximate surface area is 406 Å². The maximum absolute atomic E-state index is 5.15. The van der Waals surface area contributed by atoms with Crippen LogP contribution < -0.4 is 4.74 Å². The summed E-state index contributed by atoms with van der Waals surface area (Å²) < 4.78 is 5.15. The summed E-state index contributed by atoms with van der Waals surface area (Å²) in [5.41, 5.74) is 4.38. The number of imidazole rings is 1. The second-order valence-electron chi connectivity index (χ2n) is 10.4. The first-order valence-corrected chi connectivity index (χ1v) is 18.7. The molecule has 0 fully saturated rings. The normalized spacial score (nSPS) is 5.61. The number of ether oxygens (including phenoxy) is 1. The van der Waals surface area contributed by atoms with Crippen molar-refractivity contribution < 1.29 is 4.74 Å². The van der Waals surface area contributed by atoms with Crippen LogP contribution in [0, 0.1) is 296 Å². The smallest absolute Gasteiger partial charge is 0.118 e. The molecule has 0 aliphatic heterocycles. The highest BCUT2D eigenvalue weighted by Crippen LogP contribution is 2.24. The summed E-state index contributed by atoms with van der Waals surface area (Å²) in [6, 6.07) is 14.2. The van der Waals surface area contributed by atoms with E-state index in [2.05, 4.69) is 330 Å². The second-order valence-corrected chi connectivity index (χ2v) is 10.4. The number of methoxy groups -OCH3 is 1. The van der Waals surface area contributed by atoms with E-state index in [1.807, 2.05) is 18.2 Å². The fraction of sp³-hybridized carbons (Fsp3) is 0.0455. The third-order valence-electron chi connectivity index (χ3n) is 6.03. The number of fused-ring (bicyclic) bond motifs is 1. The molecule has 0 spiro atoms. The Bertz CT molecular complexity index is 4000. The van der Waals surface area contributed by atoms with Crippen molar-refractivity contribution in [3.8, 4) is 313 Å². The SMILES string of the molecule is CC#CC#CC#CC#CC#CC#CC#CC#CC#CC#CC#CC#CC#CC#CC#CC#CC#CC#CC#CC#CC#CC#CC#CC#CC#CC.COc1ccc(-c2ccc3nc[nH]c3c2)cc1. The van der Waals surface area contributed by atoms with Crippen LogP contribution in [0.2, 0.25) is 0 Å². The summed E-state index contributed by atoms with van der Waals surface area (Å²) in [4.78, 5) is 7.32. The minimum absolute atomic E-state index is 0.872. The van der Waals surface area contributed by atoms with Gasteiger partial charge in [0.1, 0.15) is 5.75 Å². The molecule has 3 aromatic rings. The zero-order valence-electron chi connectivity index (χ0n) is 36.5. The van der Waals surface area contributed by atoms with Crippen molar-refractivity contribution in [1.82, 2.24) is 9.97 Å². The van der Waals surface area contributed by atoms with Gasteiger partial charge in [-0.15, -0.1) is 0 Å². The first kappa shape index (κ1) is 51.8. The van der Waals surface area contributed by atoms with Crippen molar-refractivity contribution in [1.29, 1.82) is 0 Å². The van der Waals surface area contributed by atoms with Crippen LogP contribution >= 0.6 is 0 Å². The molecule has 3 rings (SSSR count). The van der Waals surface area contributed by atoms with E-state index in [-0.39, 0.29) is 0 Å². The highest BCUT2D eigenvalue weighted by molar-refractivity contribution is 5.81. The molecule has 0 amide bonds. The largest absolute Gasteiger partial charge is 0.497 e. The number of nitrogens with zero attached hydrogens (tertiary/aromatic N) is 1. The Morgan fingerprint density at radius 3 is 0.768 bits per heavy atom. The first-order chi connectivity index (χ1) is 34.3. The molecule has 0 bridgehead atoms. The molecular weight excluding hydrogens is 837 g/mol. The van der Waals surface area contributed by atoms with Crippen molar-refractivity contribution >= 4 is 11.0 Å². The molecule has 69 heavy (non-hydrogen) atoms. The zero-order valence-corrected chi connectivity index (χ0v) is 36.5. The number of benzene rings is 2. The van der Waals surface area contributed by atoms with E-state index in [1.165, 1.54) is 11.1 Å². The first-order valence-electron chi connectivity index (χ1n) is 18.7. The van der Waals surface area contributed by atoms with Gasteiger partial charge in [-0.25, -0.2) is 4.98 Å². The van der Waals surface area contributed by atoms with Crippen LogP contribution in [-0.2, 0) is 0 Å². The minimum atomic E-state index is 0.872. The lowest BCUT2D eigenvalue weighted by Gasteiger charge is -2.03. The van der Waals surface area contributed by atoms with E-state index < -0.39 is 0 Å². The van der Waals surface area contributed by atoms with Gasteiger partial charge in [0.15, 0.2) is 0 Å². The summed E-state index contributed by atoms with van der Waals surface area (Å²) in [7, 11) is 1.67. The fourth-order valence-corrected chi connectivity index (χ4v) is 3.46. The molecule has 1 N–H and O–H groups in total. The number of aromatic amines is 1. The van der Waals surface area contributed by atoms with E-state index in [4.69, 9.17) is 4.74 Å². The van der Waals surface area contributed by atoms with Crippen LogP contribution in [0.5, 0.6) is 5.75 Å². The lowest BCUT2D eigenvalue weighted by Crippen LogP contribution is -1.82. The van der Waals surface area contributed by atoms with Gasteiger partial charge in [-0.2, -0.15) is 0 Å². The Morgan fingerprint density at radius 2 is 0.536 bits per heavy atom. The maximum Gasteiger partial charge on any atom is 0.118 e. The molecule has 3 heteroatoms. The molecule has 298 valence electrons. The topological polar surface area (TPSA) is 37.9 Å². The fourth-order valence-electron chi connectivity index (χ4n) is 3.46. The van der Waals surface area contributed by atoms with Crippen molar-refractivity contribution in [2.75, 3.05) is 7.11 Å². The van der Waals surface area contributed by atoms with Crippen molar-refractivity contribution in [2.24, 2.45) is 0 Å². The van der Waals surface area contributed by atoms with E-state index in [0.29, 0.717) is 0 Å². The van der Waals surface area contributed by atoms with Gasteiger partial charge < -0.3 is 9.72 Å². The van der Waals surface area contributed by atoms with Gasteiger partial charge in [-0.1, -0.05) is 30.0 Å². The van der Waals surface area contributed by atoms with Gasteiger partial charge in [0.2, 0.25) is 0 Å². The molecule has 0 saturated heterocycles. The highest BCUT2D eigenvalue weighted by atomic mass is 16.5. The van der Waals surface area contributed by atoms with Crippen LogP contribution in [0.1, 0.15) is 13.8 Å². The minimum Gasteiger partial charge on any atom is -0.497 e. The molecule has 2 aromatic carbocycles. The quantitative estimate of drug-likeness (QED) is 0.390. The Balaban J connectivity index is 0.000000785. The summed E-state index contributed by atoms with van der Waals surface area (Å²) in [6.45, 7) is 3.37. The summed E-state index contributed by atoms with van der Waals surface area (Å²) >= 11 is 0. The Morgan fingerprint density at radius 1 is 0.304 bits per heavy atom. The summed E-state index contributed by atoms with van der Waals surface area (Å²) in [5.74, 6) is 126. The number of rotatable bonds is 2. The van der Waals surface area contributed by atoms with Crippen molar-refractivity contribution in [3.05, 3.63) is 48.8 Å². The van der Waals surface area contributed by atoms with Gasteiger partial charge in [-0.05, 0) is 144 Å². The van der Waals surface area contributed by atoms with Crippen molar-refractivity contribution in [3.63, 3.8) is 0 Å². The predicted molar refractivity (Wildman–Crippen MR) is 274 cm³/mol. The van der Waals surface area contributed by atoms with Crippen LogP contribution in [-0.4, -0.2) is 17.1 Å². The van der Waals surface area contributed by atoms with Gasteiger partial charge in [-0.3, -0.25) is 0 Å². The standard InChI is InChI=1S/C52H6.C14H12N2O/c1-3-5-7-9-11-13-15-17-19-21-23-25-27-29-31-33-35-37-39-41-43-45-47-49-51-52-50-48-46-44-42-40-38-36-34-32-30-28-26-24-22-20-18-16-14-12-10-8-6-4-2;1-17-12-5-2-10(3-6-12)11-4-7-13-14(8-11)16-9-15-13/h1-2H3;2-9H,1H3,(H,15,16). The lowest BCUT2D eigenvalue weighted by atomic mass is 10.1. The van der Waals surface area contributed by atoms with Gasteiger partial charge in [0.25, 0.3) is 0 Å². The Kier molecular flexibility index (Phi) is 30.2. The van der Waals surface area contributed by atoms with Gasteiger partial charge in [0, 0.05) is 189 Å². The molecule has 1 heterocycles. The van der Waals surface area contributed by atoms with Crippen LogP contribution in [0.15, 0.2) is 48.8 Å². The predicted octanol–water partition coefficient (Wildman–Crippen LogP) is 4.35. The molecule has 3 nitrogen and oxygen atoms in total. The van der Waals surface area contributed by atoms with Gasteiger partial charge in [0.05, 0.1) is 24.5 Å². The monoisotopic (exact) mass is 854 g/mol. The third-order valence-corrected chi connectivity index (χ3v) is 6.03. The second kappa shape index (κ2) is 40.1. The van der Waals surface area contributed by atoms with Crippen LogP contribution in [0.3, 0.4) is 0 Å². The molecule has 0 aliphatic carbocycles. The number of nitrogens with one attached hydrogen (secondary N) is 1. The average Bonchev–Trinajstić information content (AvgIpc) is 3.86. The molecule has 0 saturated carbocycles. The lowest BCUT2D eigenvalue weighted by molar-refractivity contribution is 0.415. The molecule has 0 aliphatic rings. The van der Waals surface area contributed by atoms with Crippen LogP contribution in [0.4, 0.5) is 0 Å². The molecular formula is C66H18N2O. The molecule has 0 atom stereocenters. The van der Waals surface area contributed by atoms with E-state index in [1.54, 1.807) is 27.3 Å². The molecule has 0 radical (unpaired) electrons. The maximum atomic E-state index is 5.15. The third kappa shape index (κ3) is 30.4. The van der Waals surface area contributed by atoms with Crippen LogP contribution in [0.25, 0.3) is 22.2 Å². The van der Waals surface area contributed by atoms with Crippen molar-refractivity contribution in [2.45, 2.75) is 13.8 Å². The zero-order chi connectivity index (χ0) is 49.0. The Hall–Kier alpha value is -13.3. The van der Waals surface area contributed by atoms with Gasteiger partial charge >= 0.3 is 0 Å². The molecule has 1 aromatic heterocycles. The average molecular weight is 855 g/mol. The number of H-pyrrole nitrogens is 1.